The van der Waals surface area contributed by atoms with E-state index in [1.54, 1.807) is 22.7 Å². The Morgan fingerprint density at radius 3 is 2.41 bits per heavy atom. The standard InChI is InChI=1S/C13H15NOS2/c1-14(7-6-11-4-2-8-16-11)13(15)10-12-5-3-9-17-12/h2-5,8-9H,6-7,10H2,1H3. The third-order valence-electron chi connectivity index (χ3n) is 2.61. The van der Waals surface area contributed by atoms with Crippen molar-refractivity contribution in [2.75, 3.05) is 13.6 Å². The van der Waals surface area contributed by atoms with Gasteiger partial charge in [0, 0.05) is 23.3 Å². The van der Waals surface area contributed by atoms with E-state index in [9.17, 15) is 4.79 Å². The lowest BCUT2D eigenvalue weighted by molar-refractivity contribution is -0.129. The zero-order valence-corrected chi connectivity index (χ0v) is 11.4. The van der Waals surface area contributed by atoms with Crippen LogP contribution in [0.2, 0.25) is 0 Å². The van der Waals surface area contributed by atoms with Gasteiger partial charge >= 0.3 is 0 Å². The molecule has 2 nitrogen and oxygen atoms in total. The van der Waals surface area contributed by atoms with Gasteiger partial charge in [-0.15, -0.1) is 22.7 Å². The second-order valence-electron chi connectivity index (χ2n) is 3.90. The van der Waals surface area contributed by atoms with Crippen molar-refractivity contribution in [3.8, 4) is 0 Å². The quantitative estimate of drug-likeness (QED) is 0.813. The van der Waals surface area contributed by atoms with Gasteiger partial charge in [-0.25, -0.2) is 0 Å². The van der Waals surface area contributed by atoms with E-state index in [-0.39, 0.29) is 5.91 Å². The van der Waals surface area contributed by atoms with Crippen LogP contribution in [-0.4, -0.2) is 24.4 Å². The first-order valence-corrected chi connectivity index (χ1v) is 7.30. The zero-order chi connectivity index (χ0) is 12.1. The molecule has 0 aliphatic rings. The van der Waals surface area contributed by atoms with Crippen LogP contribution < -0.4 is 0 Å². The summed E-state index contributed by atoms with van der Waals surface area (Å²) in [6.07, 6.45) is 1.48. The summed E-state index contributed by atoms with van der Waals surface area (Å²) in [5, 5.41) is 4.08. The minimum absolute atomic E-state index is 0.198. The van der Waals surface area contributed by atoms with Crippen LogP contribution in [0.1, 0.15) is 9.75 Å². The Hall–Kier alpha value is -1.13. The summed E-state index contributed by atoms with van der Waals surface area (Å²) in [5.41, 5.74) is 0. The lowest BCUT2D eigenvalue weighted by Gasteiger charge is -2.16. The normalized spacial score (nSPS) is 10.4. The van der Waals surface area contributed by atoms with Gasteiger partial charge in [-0.1, -0.05) is 12.1 Å². The molecule has 0 spiro atoms. The van der Waals surface area contributed by atoms with Crippen molar-refractivity contribution in [3.05, 3.63) is 44.8 Å². The molecule has 0 N–H and O–H groups in total. The maximum absolute atomic E-state index is 11.9. The second kappa shape index (κ2) is 5.98. The van der Waals surface area contributed by atoms with Gasteiger partial charge in [0.05, 0.1) is 6.42 Å². The fourth-order valence-corrected chi connectivity index (χ4v) is 2.95. The highest BCUT2D eigenvalue weighted by atomic mass is 32.1. The molecule has 0 aromatic carbocycles. The minimum atomic E-state index is 0.198. The van der Waals surface area contributed by atoms with E-state index in [4.69, 9.17) is 0 Å². The number of thiophene rings is 2. The molecule has 0 aliphatic heterocycles. The highest BCUT2D eigenvalue weighted by Gasteiger charge is 2.10. The number of likely N-dealkylation sites (N-methyl/N-ethyl adjacent to an activating group) is 1. The van der Waals surface area contributed by atoms with Gasteiger partial charge in [0.1, 0.15) is 0 Å². The zero-order valence-electron chi connectivity index (χ0n) is 9.76. The summed E-state index contributed by atoms with van der Waals surface area (Å²) in [6, 6.07) is 8.16. The Kier molecular flexibility index (Phi) is 4.34. The first-order chi connectivity index (χ1) is 8.25. The summed E-state index contributed by atoms with van der Waals surface area (Å²) in [7, 11) is 1.88. The molecule has 1 amide bonds. The van der Waals surface area contributed by atoms with Crippen molar-refractivity contribution in [2.45, 2.75) is 12.8 Å². The number of carbonyl (C=O) groups excluding carboxylic acids is 1. The van der Waals surface area contributed by atoms with E-state index in [0.717, 1.165) is 17.8 Å². The molecule has 2 aromatic heterocycles. The van der Waals surface area contributed by atoms with E-state index in [1.807, 2.05) is 35.5 Å². The van der Waals surface area contributed by atoms with E-state index in [0.29, 0.717) is 6.42 Å². The van der Waals surface area contributed by atoms with Crippen molar-refractivity contribution >= 4 is 28.6 Å². The second-order valence-corrected chi connectivity index (χ2v) is 5.97. The first kappa shape index (κ1) is 12.3. The Balaban J connectivity index is 1.79. The summed E-state index contributed by atoms with van der Waals surface area (Å²) in [6.45, 7) is 0.796. The lowest BCUT2D eigenvalue weighted by atomic mass is 10.3. The van der Waals surface area contributed by atoms with E-state index >= 15 is 0 Å². The molecule has 0 bridgehead atoms. The van der Waals surface area contributed by atoms with Crippen LogP contribution in [0.15, 0.2) is 35.0 Å². The summed E-state index contributed by atoms with van der Waals surface area (Å²) >= 11 is 3.39. The molecule has 0 fully saturated rings. The van der Waals surface area contributed by atoms with Crippen LogP contribution >= 0.6 is 22.7 Å². The molecule has 4 heteroatoms. The average Bonchev–Trinajstić information content (AvgIpc) is 2.98. The molecule has 0 radical (unpaired) electrons. The van der Waals surface area contributed by atoms with Gasteiger partial charge in [0.15, 0.2) is 0 Å². The van der Waals surface area contributed by atoms with Gasteiger partial charge in [0.2, 0.25) is 5.91 Å². The van der Waals surface area contributed by atoms with Crippen LogP contribution in [0.25, 0.3) is 0 Å². The predicted molar refractivity (Wildman–Crippen MR) is 73.7 cm³/mol. The third kappa shape index (κ3) is 3.68. The van der Waals surface area contributed by atoms with Gasteiger partial charge in [-0.2, -0.15) is 0 Å². The Morgan fingerprint density at radius 2 is 1.82 bits per heavy atom. The van der Waals surface area contributed by atoms with Crippen molar-refractivity contribution in [1.29, 1.82) is 0 Å². The first-order valence-electron chi connectivity index (χ1n) is 5.54. The molecule has 2 aromatic rings. The highest BCUT2D eigenvalue weighted by molar-refractivity contribution is 7.10. The Bertz CT molecular complexity index is 448. The maximum Gasteiger partial charge on any atom is 0.227 e. The fraction of sp³-hybridized carbons (Fsp3) is 0.308. The molecule has 0 atom stereocenters. The van der Waals surface area contributed by atoms with Gasteiger partial charge < -0.3 is 4.90 Å². The molecule has 2 rings (SSSR count). The Morgan fingerprint density at radius 1 is 1.18 bits per heavy atom. The fourth-order valence-electron chi connectivity index (χ4n) is 1.55. The topological polar surface area (TPSA) is 20.3 Å². The van der Waals surface area contributed by atoms with Crippen molar-refractivity contribution in [3.63, 3.8) is 0 Å². The smallest absolute Gasteiger partial charge is 0.227 e. The molecule has 90 valence electrons. The van der Waals surface area contributed by atoms with E-state index in [1.165, 1.54) is 4.88 Å². The van der Waals surface area contributed by atoms with Gasteiger partial charge in [-0.3, -0.25) is 4.79 Å². The van der Waals surface area contributed by atoms with Crippen LogP contribution in [0.3, 0.4) is 0 Å². The SMILES string of the molecule is CN(CCc1cccs1)C(=O)Cc1cccs1. The number of hydrogen-bond acceptors (Lipinski definition) is 3. The van der Waals surface area contributed by atoms with Crippen LogP contribution in [0, 0.1) is 0 Å². The number of carbonyl (C=O) groups is 1. The van der Waals surface area contributed by atoms with Crippen molar-refractivity contribution < 1.29 is 4.79 Å². The Labute approximate surface area is 110 Å². The molecule has 17 heavy (non-hydrogen) atoms. The highest BCUT2D eigenvalue weighted by Crippen LogP contribution is 2.12. The summed E-state index contributed by atoms with van der Waals surface area (Å²) in [5.74, 6) is 0.198. The van der Waals surface area contributed by atoms with E-state index < -0.39 is 0 Å². The minimum Gasteiger partial charge on any atom is -0.345 e. The number of nitrogens with zero attached hydrogens (tertiary/aromatic N) is 1. The molecular weight excluding hydrogens is 250 g/mol. The monoisotopic (exact) mass is 265 g/mol. The average molecular weight is 265 g/mol. The number of amides is 1. The van der Waals surface area contributed by atoms with Crippen molar-refractivity contribution in [1.82, 2.24) is 4.90 Å². The molecule has 0 saturated carbocycles. The van der Waals surface area contributed by atoms with Crippen LogP contribution in [0.4, 0.5) is 0 Å². The van der Waals surface area contributed by atoms with Crippen LogP contribution in [0.5, 0.6) is 0 Å². The lowest BCUT2D eigenvalue weighted by Crippen LogP contribution is -2.29. The van der Waals surface area contributed by atoms with Crippen molar-refractivity contribution in [2.24, 2.45) is 0 Å². The number of rotatable bonds is 5. The van der Waals surface area contributed by atoms with Gasteiger partial charge in [0.25, 0.3) is 0 Å². The van der Waals surface area contributed by atoms with Crippen LogP contribution in [-0.2, 0) is 17.6 Å². The van der Waals surface area contributed by atoms with Gasteiger partial charge in [-0.05, 0) is 29.3 Å². The molecular formula is C13H15NOS2. The molecule has 2 heterocycles. The molecule has 0 unspecified atom stereocenters. The number of hydrogen-bond donors (Lipinski definition) is 0. The summed E-state index contributed by atoms with van der Waals surface area (Å²) in [4.78, 5) is 16.2. The summed E-state index contributed by atoms with van der Waals surface area (Å²) < 4.78 is 0. The molecule has 0 saturated heterocycles. The third-order valence-corrected chi connectivity index (χ3v) is 4.42. The predicted octanol–water partition coefficient (Wildman–Crippen LogP) is 3.05. The van der Waals surface area contributed by atoms with E-state index in [2.05, 4.69) is 11.4 Å². The molecule has 0 aliphatic carbocycles. The maximum atomic E-state index is 11.9. The largest absolute Gasteiger partial charge is 0.345 e.